The van der Waals surface area contributed by atoms with Gasteiger partial charge in [-0.2, -0.15) is 0 Å². The van der Waals surface area contributed by atoms with Gasteiger partial charge in [-0.1, -0.05) is 6.57 Å². The van der Waals surface area contributed by atoms with Crippen molar-refractivity contribution in [2.75, 3.05) is 31.7 Å². The molecule has 1 aliphatic heterocycles. The molecule has 0 aromatic carbocycles. The molecule has 2 aromatic rings. The Hall–Kier alpha value is -3.12. The first-order chi connectivity index (χ1) is 14.6. The molecular formula is C22H29N5O4. The van der Waals surface area contributed by atoms with E-state index in [-0.39, 0.29) is 29.6 Å². The predicted octanol–water partition coefficient (Wildman–Crippen LogP) is 2.94. The zero-order valence-corrected chi connectivity index (χ0v) is 18.9. The number of carbonyl (C=O) groups is 1. The van der Waals surface area contributed by atoms with Gasteiger partial charge in [0.25, 0.3) is 11.4 Å². The van der Waals surface area contributed by atoms with E-state index in [9.17, 15) is 9.59 Å². The van der Waals surface area contributed by atoms with Crippen molar-refractivity contribution in [3.05, 3.63) is 40.0 Å². The van der Waals surface area contributed by atoms with Crippen LogP contribution in [0, 0.1) is 6.57 Å². The molecule has 0 aliphatic carbocycles. The second-order valence-electron chi connectivity index (χ2n) is 8.82. The van der Waals surface area contributed by atoms with Crippen molar-refractivity contribution in [2.24, 2.45) is 7.05 Å². The number of aromatic nitrogens is 2. The summed E-state index contributed by atoms with van der Waals surface area (Å²) in [6.07, 6.45) is -0.372. The minimum atomic E-state index is -0.591. The first-order valence-electron chi connectivity index (χ1n) is 10.2. The number of nitrogens with zero attached hydrogens (tertiary/aromatic N) is 5. The summed E-state index contributed by atoms with van der Waals surface area (Å²) >= 11 is 0. The molecule has 9 nitrogen and oxygen atoms in total. The van der Waals surface area contributed by atoms with E-state index in [1.54, 1.807) is 37.3 Å². The van der Waals surface area contributed by atoms with E-state index in [4.69, 9.17) is 16.0 Å². The quantitative estimate of drug-likeness (QED) is 0.701. The average Bonchev–Trinajstić information content (AvgIpc) is 2.70. The van der Waals surface area contributed by atoms with Crippen molar-refractivity contribution in [3.8, 4) is 0 Å². The van der Waals surface area contributed by atoms with Crippen molar-refractivity contribution in [3.63, 3.8) is 0 Å². The molecule has 166 valence electrons. The van der Waals surface area contributed by atoms with Gasteiger partial charge in [-0.25, -0.2) is 4.79 Å². The molecule has 2 aromatic heterocycles. The molecule has 0 radical (unpaired) electrons. The van der Waals surface area contributed by atoms with Crippen LogP contribution in [0.3, 0.4) is 0 Å². The fraction of sp³-hybridized carbons (Fsp3) is 0.545. The van der Waals surface area contributed by atoms with E-state index in [0.29, 0.717) is 36.4 Å². The van der Waals surface area contributed by atoms with Crippen LogP contribution in [-0.2, 0) is 16.5 Å². The van der Waals surface area contributed by atoms with Crippen molar-refractivity contribution < 1.29 is 14.3 Å². The molecule has 0 bridgehead atoms. The van der Waals surface area contributed by atoms with Gasteiger partial charge in [0.2, 0.25) is 5.52 Å². The van der Waals surface area contributed by atoms with E-state index < -0.39 is 5.60 Å². The summed E-state index contributed by atoms with van der Waals surface area (Å²) in [6, 6.07) is 4.52. The standard InChI is InChI=1S/C22H29N5O4/c1-14-11-27(15(13-30-7)12-26(14)21(29)31-22(2,3)4)17-10-19(28)25(6)16-8-9-18(23-5)24-20(16)17/h8-10,14-15H,11-13H2,1-4,6-7H3/t14-,15-/m1/s1. The van der Waals surface area contributed by atoms with Crippen molar-refractivity contribution in [1.29, 1.82) is 0 Å². The maximum absolute atomic E-state index is 12.8. The Morgan fingerprint density at radius 2 is 2.03 bits per heavy atom. The highest BCUT2D eigenvalue weighted by atomic mass is 16.6. The number of hydrogen-bond acceptors (Lipinski definition) is 6. The highest BCUT2D eigenvalue weighted by Crippen LogP contribution is 2.30. The summed E-state index contributed by atoms with van der Waals surface area (Å²) in [5.41, 5.74) is 1.11. The molecule has 0 spiro atoms. The lowest BCUT2D eigenvalue weighted by Gasteiger charge is -2.46. The maximum Gasteiger partial charge on any atom is 0.410 e. The molecule has 31 heavy (non-hydrogen) atoms. The molecular weight excluding hydrogens is 398 g/mol. The van der Waals surface area contributed by atoms with Crippen LogP contribution < -0.4 is 10.5 Å². The van der Waals surface area contributed by atoms with Gasteiger partial charge in [0.1, 0.15) is 5.60 Å². The number of anilines is 1. The smallest absolute Gasteiger partial charge is 0.410 e. The van der Waals surface area contributed by atoms with Crippen molar-refractivity contribution >= 4 is 28.6 Å². The van der Waals surface area contributed by atoms with Crippen LogP contribution in [-0.4, -0.2) is 65.0 Å². The lowest BCUT2D eigenvalue weighted by Crippen LogP contribution is -2.61. The van der Waals surface area contributed by atoms with Gasteiger partial charge in [0.05, 0.1) is 23.9 Å². The topological polar surface area (TPSA) is 81.3 Å². The van der Waals surface area contributed by atoms with Gasteiger partial charge in [-0.05, 0) is 39.8 Å². The van der Waals surface area contributed by atoms with Crippen LogP contribution in [0.15, 0.2) is 23.0 Å². The summed E-state index contributed by atoms with van der Waals surface area (Å²) < 4.78 is 12.5. The van der Waals surface area contributed by atoms with Crippen LogP contribution in [0.4, 0.5) is 16.3 Å². The summed E-state index contributed by atoms with van der Waals surface area (Å²) in [5, 5.41) is 0. The highest BCUT2D eigenvalue weighted by Gasteiger charge is 2.37. The van der Waals surface area contributed by atoms with Gasteiger partial charge in [-0.3, -0.25) is 4.79 Å². The van der Waals surface area contributed by atoms with Crippen LogP contribution in [0.2, 0.25) is 0 Å². The Kier molecular flexibility index (Phi) is 6.23. The van der Waals surface area contributed by atoms with E-state index in [1.807, 2.05) is 27.7 Å². The number of pyridine rings is 2. The molecule has 2 atom stereocenters. The van der Waals surface area contributed by atoms with Crippen molar-refractivity contribution in [1.82, 2.24) is 14.5 Å². The Bertz CT molecular complexity index is 1080. The lowest BCUT2D eigenvalue weighted by molar-refractivity contribution is 0.00904. The lowest BCUT2D eigenvalue weighted by atomic mass is 10.1. The zero-order chi connectivity index (χ0) is 22.9. The molecule has 0 unspecified atom stereocenters. The third-order valence-electron chi connectivity index (χ3n) is 5.31. The van der Waals surface area contributed by atoms with E-state index in [1.165, 1.54) is 4.57 Å². The number of piperazine rings is 1. The van der Waals surface area contributed by atoms with Crippen LogP contribution in [0.25, 0.3) is 15.9 Å². The maximum atomic E-state index is 12.8. The summed E-state index contributed by atoms with van der Waals surface area (Å²) in [5.74, 6) is 0.260. The van der Waals surface area contributed by atoms with E-state index in [2.05, 4.69) is 14.7 Å². The highest BCUT2D eigenvalue weighted by molar-refractivity contribution is 5.90. The molecule has 1 saturated heterocycles. The van der Waals surface area contributed by atoms with Crippen LogP contribution in [0.1, 0.15) is 27.7 Å². The number of fused-ring (bicyclic) bond motifs is 1. The second kappa shape index (κ2) is 8.55. The number of aryl methyl sites for hydroxylation is 1. The minimum Gasteiger partial charge on any atom is -0.444 e. The number of methoxy groups -OCH3 is 1. The Morgan fingerprint density at radius 3 is 2.65 bits per heavy atom. The monoisotopic (exact) mass is 427 g/mol. The molecule has 1 aliphatic rings. The predicted molar refractivity (Wildman–Crippen MR) is 119 cm³/mol. The Balaban J connectivity index is 2.05. The summed E-state index contributed by atoms with van der Waals surface area (Å²) in [4.78, 5) is 37.1. The first kappa shape index (κ1) is 22.6. The number of rotatable bonds is 3. The first-order valence-corrected chi connectivity index (χ1v) is 10.2. The molecule has 3 rings (SSSR count). The van der Waals surface area contributed by atoms with Gasteiger partial charge in [-0.15, -0.1) is 4.98 Å². The summed E-state index contributed by atoms with van der Waals surface area (Å²) in [7, 11) is 3.29. The van der Waals surface area contributed by atoms with Crippen LogP contribution >= 0.6 is 0 Å². The molecule has 9 heteroatoms. The van der Waals surface area contributed by atoms with Gasteiger partial charge >= 0.3 is 6.09 Å². The summed E-state index contributed by atoms with van der Waals surface area (Å²) in [6.45, 7) is 16.0. The third-order valence-corrected chi connectivity index (χ3v) is 5.31. The Labute approximate surface area is 182 Å². The van der Waals surface area contributed by atoms with Gasteiger partial charge in [0.15, 0.2) is 0 Å². The van der Waals surface area contributed by atoms with Crippen LogP contribution in [0.5, 0.6) is 0 Å². The normalized spacial score (nSPS) is 19.4. The molecule has 0 saturated carbocycles. The zero-order valence-electron chi connectivity index (χ0n) is 18.9. The Morgan fingerprint density at radius 1 is 1.32 bits per heavy atom. The minimum absolute atomic E-state index is 0.161. The third kappa shape index (κ3) is 4.64. The van der Waals surface area contributed by atoms with Crippen molar-refractivity contribution in [2.45, 2.75) is 45.4 Å². The number of amides is 1. The number of hydrogen-bond donors (Lipinski definition) is 0. The average molecular weight is 428 g/mol. The molecule has 1 fully saturated rings. The molecule has 1 amide bonds. The van der Waals surface area contributed by atoms with E-state index in [0.717, 1.165) is 0 Å². The number of ether oxygens (including phenoxy) is 2. The van der Waals surface area contributed by atoms with Gasteiger partial charge < -0.3 is 28.7 Å². The number of carbonyl (C=O) groups excluding carboxylic acids is 1. The molecule has 0 N–H and O–H groups in total. The fourth-order valence-corrected chi connectivity index (χ4v) is 3.83. The second-order valence-corrected chi connectivity index (χ2v) is 8.82. The van der Waals surface area contributed by atoms with Gasteiger partial charge in [0, 0.05) is 39.4 Å². The van der Waals surface area contributed by atoms with E-state index >= 15 is 0 Å². The molecule has 3 heterocycles. The largest absolute Gasteiger partial charge is 0.444 e. The SMILES string of the molecule is [C-]#[N+]c1ccc2c(n1)c(N1C[C@@H](C)N(C(=O)OC(C)(C)C)C[C@@H]1COC)cc(=O)n2C. The fourth-order valence-electron chi connectivity index (χ4n) is 3.83.